The number of aliphatic hydroxyl groups is 2. The number of rotatable bonds is 14. The molecule has 1 atom stereocenters. The highest BCUT2D eigenvalue weighted by molar-refractivity contribution is 5.98. The number of aliphatic hydroxyl groups excluding tert-OH is 2. The van der Waals surface area contributed by atoms with Gasteiger partial charge in [0.1, 0.15) is 12.6 Å². The molecule has 6 rings (SSSR count). The van der Waals surface area contributed by atoms with Gasteiger partial charge in [-0.05, 0) is 129 Å². The van der Waals surface area contributed by atoms with Crippen molar-refractivity contribution in [3.8, 4) is 22.5 Å². The second kappa shape index (κ2) is 18.2. The van der Waals surface area contributed by atoms with E-state index in [1.54, 1.807) is 6.07 Å². The van der Waals surface area contributed by atoms with Crippen LogP contribution in [0.2, 0.25) is 0 Å². The molecule has 0 aliphatic heterocycles. The minimum atomic E-state index is -4.80. The minimum absolute atomic E-state index is 0.0381. The van der Waals surface area contributed by atoms with Crippen LogP contribution >= 0.6 is 0 Å². The zero-order chi connectivity index (χ0) is 41.6. The number of alkyl halides is 4. The van der Waals surface area contributed by atoms with Crippen LogP contribution in [0.3, 0.4) is 0 Å². The van der Waals surface area contributed by atoms with E-state index in [0.29, 0.717) is 49.4 Å². The fourth-order valence-corrected chi connectivity index (χ4v) is 7.57. The van der Waals surface area contributed by atoms with Crippen molar-refractivity contribution in [3.05, 3.63) is 89.2 Å². The van der Waals surface area contributed by atoms with Crippen LogP contribution in [0.15, 0.2) is 66.7 Å². The van der Waals surface area contributed by atoms with Crippen molar-refractivity contribution in [3.63, 3.8) is 0 Å². The maximum absolute atomic E-state index is 14.2. The summed E-state index contributed by atoms with van der Waals surface area (Å²) in [7, 11) is 0. The number of halogens is 4. The molecule has 0 bridgehead atoms. The monoisotopic (exact) mass is 807 g/mol. The van der Waals surface area contributed by atoms with Gasteiger partial charge in [0.2, 0.25) is 17.6 Å². The Hall–Kier alpha value is -5.19. The van der Waals surface area contributed by atoms with Gasteiger partial charge in [0.15, 0.2) is 5.82 Å². The molecular formula is C42H49F4N7O5. The van der Waals surface area contributed by atoms with Crippen molar-refractivity contribution < 1.29 is 42.2 Å². The van der Waals surface area contributed by atoms with Crippen LogP contribution < -0.4 is 21.7 Å². The quantitative estimate of drug-likeness (QED) is 0.0797. The predicted molar refractivity (Wildman–Crippen MR) is 209 cm³/mol. The van der Waals surface area contributed by atoms with Crippen LogP contribution in [-0.4, -0.2) is 80.4 Å². The molecular weight excluding hydrogens is 758 g/mol. The van der Waals surface area contributed by atoms with Crippen molar-refractivity contribution in [1.82, 2.24) is 25.8 Å². The van der Waals surface area contributed by atoms with Gasteiger partial charge in [-0.2, -0.15) is 22.7 Å². The molecule has 2 saturated carbocycles. The van der Waals surface area contributed by atoms with Crippen molar-refractivity contribution in [2.75, 3.05) is 18.5 Å². The molecule has 8 N–H and O–H groups in total. The number of hydrogen-bond acceptors (Lipinski definition) is 8. The lowest BCUT2D eigenvalue weighted by Gasteiger charge is -2.28. The van der Waals surface area contributed by atoms with E-state index in [2.05, 4.69) is 26.0 Å². The first-order valence-electron chi connectivity index (χ1n) is 19.6. The van der Waals surface area contributed by atoms with E-state index < -0.39 is 36.2 Å². The normalized spacial score (nSPS) is 20.6. The highest BCUT2D eigenvalue weighted by atomic mass is 19.3. The highest BCUT2D eigenvalue weighted by Crippen LogP contribution is 2.41. The van der Waals surface area contributed by atoms with Crippen LogP contribution in [0.25, 0.3) is 22.5 Å². The molecule has 1 heterocycles. The number of aromatic amines is 1. The number of nitrogens with zero attached hydrogens (tertiary/aromatic N) is 2. The highest BCUT2D eigenvalue weighted by Gasteiger charge is 2.59. The molecule has 2 fully saturated rings. The zero-order valence-corrected chi connectivity index (χ0v) is 32.1. The fraction of sp³-hybridized carbons (Fsp3) is 0.452. The Bertz CT molecular complexity index is 2050. The zero-order valence-electron chi connectivity index (χ0n) is 32.1. The summed E-state index contributed by atoms with van der Waals surface area (Å²) in [6.45, 7) is 0.406. The van der Waals surface area contributed by atoms with E-state index in [4.69, 9.17) is 10.8 Å². The van der Waals surface area contributed by atoms with Crippen molar-refractivity contribution in [1.29, 1.82) is 0 Å². The third kappa shape index (κ3) is 9.91. The van der Waals surface area contributed by atoms with Gasteiger partial charge < -0.3 is 31.9 Å². The summed E-state index contributed by atoms with van der Waals surface area (Å²) < 4.78 is 55.7. The summed E-state index contributed by atoms with van der Waals surface area (Å²) >= 11 is 0. The molecule has 310 valence electrons. The number of hydrogen-bond donors (Lipinski definition) is 7. The number of aromatic nitrogens is 3. The lowest BCUT2D eigenvalue weighted by molar-refractivity contribution is -0.236. The van der Waals surface area contributed by atoms with Crippen molar-refractivity contribution >= 4 is 23.4 Å². The van der Waals surface area contributed by atoms with Gasteiger partial charge in [-0.15, -0.1) is 0 Å². The maximum atomic E-state index is 14.2. The van der Waals surface area contributed by atoms with E-state index in [1.165, 1.54) is 24.3 Å². The first-order valence-corrected chi connectivity index (χ1v) is 19.6. The largest absolute Gasteiger partial charge is 0.393 e. The van der Waals surface area contributed by atoms with Crippen LogP contribution in [0.4, 0.5) is 23.2 Å². The lowest BCUT2D eigenvalue weighted by atomic mass is 9.81. The SMILES string of the molecule is Cc1cc(C(=O)NC2CCC(O)CC2)ccc1-c1ccc(C[C@H](NC(=O)C2CCC(CN)CC2)C(=O)Nc2ccc(-c3n[nH]c(C(F)(F)C(F)(F)CO)n3)cc2)cc1. The Morgan fingerprint density at radius 1 is 0.897 bits per heavy atom. The van der Waals surface area contributed by atoms with Gasteiger partial charge in [0, 0.05) is 35.2 Å². The third-order valence-corrected chi connectivity index (χ3v) is 11.3. The Morgan fingerprint density at radius 2 is 1.55 bits per heavy atom. The number of anilines is 1. The fourth-order valence-electron chi connectivity index (χ4n) is 7.57. The van der Waals surface area contributed by atoms with E-state index >= 15 is 0 Å². The van der Waals surface area contributed by atoms with E-state index in [0.717, 1.165) is 47.9 Å². The van der Waals surface area contributed by atoms with Crippen LogP contribution in [0, 0.1) is 18.8 Å². The van der Waals surface area contributed by atoms with Crippen LogP contribution in [-0.2, 0) is 21.9 Å². The average Bonchev–Trinajstić information content (AvgIpc) is 3.73. The molecule has 0 radical (unpaired) electrons. The second-order valence-electron chi connectivity index (χ2n) is 15.4. The molecule has 2 aliphatic carbocycles. The van der Waals surface area contributed by atoms with Gasteiger partial charge >= 0.3 is 11.8 Å². The van der Waals surface area contributed by atoms with E-state index in [9.17, 15) is 37.1 Å². The topological polar surface area (TPSA) is 195 Å². The Morgan fingerprint density at radius 3 is 2.17 bits per heavy atom. The lowest BCUT2D eigenvalue weighted by Crippen LogP contribution is -2.48. The molecule has 12 nitrogen and oxygen atoms in total. The summed E-state index contributed by atoms with van der Waals surface area (Å²) in [5, 5.41) is 32.8. The number of benzene rings is 3. The Kier molecular flexibility index (Phi) is 13.3. The van der Waals surface area contributed by atoms with Gasteiger partial charge in [0.05, 0.1) is 6.10 Å². The molecule has 0 spiro atoms. The summed E-state index contributed by atoms with van der Waals surface area (Å²) in [6.07, 6.45) is 5.66. The van der Waals surface area contributed by atoms with Gasteiger partial charge in [-0.3, -0.25) is 19.5 Å². The Balaban J connectivity index is 1.14. The average molecular weight is 808 g/mol. The third-order valence-electron chi connectivity index (χ3n) is 11.3. The number of carbonyl (C=O) groups is 3. The van der Waals surface area contributed by atoms with Crippen molar-refractivity contribution in [2.45, 2.75) is 94.7 Å². The number of H-pyrrole nitrogens is 1. The predicted octanol–water partition coefficient (Wildman–Crippen LogP) is 5.63. The van der Waals surface area contributed by atoms with E-state index in [1.807, 2.05) is 48.4 Å². The first-order chi connectivity index (χ1) is 27.7. The standard InChI is InChI=1S/C42H49F4N7O5/c1-24-20-30(38(57)48-32-15-17-33(55)18-16-32)12-19-34(24)27-6-2-25(3-7-27)21-35(50-37(56)29-8-4-26(22-47)5-9-29)39(58)49-31-13-10-28(11-14-31)36-51-40(53-52-36)42(45,46)41(43,44)23-54/h2-3,6-7,10-14,19-20,26,29,32-33,35,54-55H,4-5,8-9,15-18,21-23,47H2,1H3,(H,48,57)(H,49,58)(H,50,56)(H,51,52,53)/t26?,29?,32?,33?,35-/m0/s1. The number of amides is 3. The molecule has 2 aliphatic rings. The second-order valence-corrected chi connectivity index (χ2v) is 15.4. The van der Waals surface area contributed by atoms with Gasteiger partial charge in [-0.25, -0.2) is 4.98 Å². The smallest absolute Gasteiger partial charge is 0.370 e. The van der Waals surface area contributed by atoms with E-state index in [-0.39, 0.29) is 47.7 Å². The maximum Gasteiger partial charge on any atom is 0.370 e. The molecule has 0 saturated heterocycles. The molecule has 58 heavy (non-hydrogen) atoms. The van der Waals surface area contributed by atoms with Crippen LogP contribution in [0.1, 0.15) is 78.7 Å². The number of nitrogens with two attached hydrogens (primary N) is 1. The van der Waals surface area contributed by atoms with Gasteiger partial charge in [-0.1, -0.05) is 30.3 Å². The molecule has 0 unspecified atom stereocenters. The summed E-state index contributed by atoms with van der Waals surface area (Å²) in [4.78, 5) is 43.8. The molecule has 4 aromatic rings. The van der Waals surface area contributed by atoms with Gasteiger partial charge in [0.25, 0.3) is 5.91 Å². The number of aryl methyl sites for hydroxylation is 1. The summed E-state index contributed by atoms with van der Waals surface area (Å²) in [5.41, 5.74) is 10.4. The molecule has 1 aromatic heterocycles. The Labute approximate surface area is 333 Å². The first kappa shape index (κ1) is 42.4. The molecule has 16 heteroatoms. The molecule has 3 amide bonds. The number of nitrogens with one attached hydrogen (secondary N) is 4. The number of carbonyl (C=O) groups excluding carboxylic acids is 3. The van der Waals surface area contributed by atoms with Crippen LogP contribution in [0.5, 0.6) is 0 Å². The minimum Gasteiger partial charge on any atom is -0.393 e. The van der Waals surface area contributed by atoms with Crippen molar-refractivity contribution in [2.24, 2.45) is 17.6 Å². The molecule has 3 aromatic carbocycles. The summed E-state index contributed by atoms with van der Waals surface area (Å²) in [5.74, 6) is -12.0. The summed E-state index contributed by atoms with van der Waals surface area (Å²) in [6, 6.07) is 18.0.